The predicted molar refractivity (Wildman–Crippen MR) is 64.3 cm³/mol. The Morgan fingerprint density at radius 3 is 2.29 bits per heavy atom. The van der Waals surface area contributed by atoms with E-state index in [1.807, 2.05) is 6.07 Å². The normalized spacial score (nSPS) is 9.88. The molecular weight excluding hydrogens is 216 g/mol. The van der Waals surface area contributed by atoms with Crippen molar-refractivity contribution >= 4 is 12.6 Å². The molecule has 0 saturated carbocycles. The number of carbonyl (C=O) groups is 2. The van der Waals surface area contributed by atoms with Crippen molar-refractivity contribution in [3.63, 3.8) is 0 Å². The molecule has 17 heavy (non-hydrogen) atoms. The Labute approximate surface area is 98.3 Å². The minimum Gasteiger partial charge on any atom is -0.507 e. The Bertz CT molecular complexity index is 573. The van der Waals surface area contributed by atoms with Gasteiger partial charge in [-0.25, -0.2) is 0 Å². The third kappa shape index (κ3) is 2.08. The molecule has 84 valence electrons. The fourth-order valence-corrected chi connectivity index (χ4v) is 1.68. The molecule has 0 radical (unpaired) electrons. The van der Waals surface area contributed by atoms with E-state index in [-0.39, 0.29) is 11.3 Å². The summed E-state index contributed by atoms with van der Waals surface area (Å²) >= 11 is 0. The smallest absolute Gasteiger partial charge is 0.153 e. The van der Waals surface area contributed by atoms with Gasteiger partial charge in [0.05, 0.1) is 5.56 Å². The van der Waals surface area contributed by atoms with Crippen LogP contribution in [0, 0.1) is 0 Å². The Morgan fingerprint density at radius 1 is 0.882 bits per heavy atom. The zero-order chi connectivity index (χ0) is 12.3. The van der Waals surface area contributed by atoms with Crippen LogP contribution in [0.1, 0.15) is 20.7 Å². The van der Waals surface area contributed by atoms with E-state index in [1.54, 1.807) is 30.3 Å². The third-order valence-electron chi connectivity index (χ3n) is 2.55. The van der Waals surface area contributed by atoms with Gasteiger partial charge in [0.2, 0.25) is 0 Å². The molecule has 0 heterocycles. The van der Waals surface area contributed by atoms with Crippen LogP contribution in [0.4, 0.5) is 0 Å². The molecule has 0 bridgehead atoms. The van der Waals surface area contributed by atoms with E-state index >= 15 is 0 Å². The number of benzene rings is 2. The summed E-state index contributed by atoms with van der Waals surface area (Å²) in [6.07, 6.45) is 1.35. The van der Waals surface area contributed by atoms with E-state index in [9.17, 15) is 14.7 Å². The monoisotopic (exact) mass is 226 g/mol. The largest absolute Gasteiger partial charge is 0.507 e. The lowest BCUT2D eigenvalue weighted by Crippen LogP contribution is -1.89. The molecule has 2 aromatic rings. The van der Waals surface area contributed by atoms with Crippen molar-refractivity contribution < 1.29 is 14.7 Å². The molecule has 3 nitrogen and oxygen atoms in total. The van der Waals surface area contributed by atoms with Gasteiger partial charge in [-0.15, -0.1) is 0 Å². The second-order valence-corrected chi connectivity index (χ2v) is 3.60. The lowest BCUT2D eigenvalue weighted by atomic mass is 9.98. The van der Waals surface area contributed by atoms with Crippen LogP contribution in [0.15, 0.2) is 42.5 Å². The van der Waals surface area contributed by atoms with E-state index in [0.29, 0.717) is 11.8 Å². The van der Waals surface area contributed by atoms with Crippen LogP contribution in [0.25, 0.3) is 11.1 Å². The number of aromatic hydroxyl groups is 1. The molecule has 0 aliphatic rings. The van der Waals surface area contributed by atoms with E-state index in [0.717, 1.165) is 17.4 Å². The number of phenolic OH excluding ortho intramolecular Hbond substituents is 1. The highest BCUT2D eigenvalue weighted by Gasteiger charge is 2.06. The molecule has 0 amide bonds. The number of hydrogen-bond acceptors (Lipinski definition) is 3. The van der Waals surface area contributed by atoms with E-state index in [2.05, 4.69) is 0 Å². The zero-order valence-corrected chi connectivity index (χ0v) is 8.96. The molecule has 0 spiro atoms. The first-order valence-corrected chi connectivity index (χ1v) is 5.09. The molecule has 2 aromatic carbocycles. The number of hydrogen-bond donors (Lipinski definition) is 1. The van der Waals surface area contributed by atoms with Gasteiger partial charge in [-0.1, -0.05) is 30.3 Å². The first-order chi connectivity index (χ1) is 8.26. The number of phenols is 1. The minimum atomic E-state index is -0.0627. The van der Waals surface area contributed by atoms with Gasteiger partial charge in [0.25, 0.3) is 0 Å². The highest BCUT2D eigenvalue weighted by atomic mass is 16.3. The van der Waals surface area contributed by atoms with E-state index in [4.69, 9.17) is 0 Å². The molecule has 1 N–H and O–H groups in total. The molecule has 0 unspecified atom stereocenters. The van der Waals surface area contributed by atoms with Gasteiger partial charge in [0, 0.05) is 5.56 Å². The Hall–Kier alpha value is -2.42. The van der Waals surface area contributed by atoms with Crippen LogP contribution >= 0.6 is 0 Å². The Balaban J connectivity index is 2.60. The molecule has 0 atom stereocenters. The summed E-state index contributed by atoms with van der Waals surface area (Å²) in [6, 6.07) is 11.8. The van der Waals surface area contributed by atoms with Crippen molar-refractivity contribution in [1.82, 2.24) is 0 Å². The average Bonchev–Trinajstić information content (AvgIpc) is 2.39. The van der Waals surface area contributed by atoms with Gasteiger partial charge in [-0.2, -0.15) is 0 Å². The topological polar surface area (TPSA) is 54.4 Å². The number of aldehydes is 2. The van der Waals surface area contributed by atoms with Crippen LogP contribution < -0.4 is 0 Å². The summed E-state index contributed by atoms with van der Waals surface area (Å²) in [6.45, 7) is 0. The van der Waals surface area contributed by atoms with E-state index in [1.165, 1.54) is 6.07 Å². The van der Waals surface area contributed by atoms with Crippen molar-refractivity contribution in [2.75, 3.05) is 0 Å². The maximum Gasteiger partial charge on any atom is 0.153 e. The standard InChI is InChI=1S/C14H10O3/c15-8-11-3-1-2-4-13(11)10-5-6-14(17)12(7-10)9-16/h1-9,17H. The van der Waals surface area contributed by atoms with Crippen LogP contribution in [-0.4, -0.2) is 17.7 Å². The fraction of sp³-hybridized carbons (Fsp3) is 0. The second kappa shape index (κ2) is 4.61. The summed E-state index contributed by atoms with van der Waals surface area (Å²) in [5.74, 6) is -0.0627. The van der Waals surface area contributed by atoms with Gasteiger partial charge in [0.1, 0.15) is 5.75 Å². The molecule has 0 aromatic heterocycles. The molecule has 2 rings (SSSR count). The van der Waals surface area contributed by atoms with Crippen LogP contribution in [-0.2, 0) is 0 Å². The quantitative estimate of drug-likeness (QED) is 0.818. The van der Waals surface area contributed by atoms with Gasteiger partial charge in [-0.05, 0) is 23.3 Å². The Morgan fingerprint density at radius 2 is 1.59 bits per heavy atom. The van der Waals surface area contributed by atoms with Crippen molar-refractivity contribution in [3.8, 4) is 16.9 Å². The summed E-state index contributed by atoms with van der Waals surface area (Å²) in [4.78, 5) is 21.6. The van der Waals surface area contributed by atoms with Gasteiger partial charge >= 0.3 is 0 Å². The molecule has 0 fully saturated rings. The SMILES string of the molecule is O=Cc1cc(-c2ccccc2C=O)ccc1O. The van der Waals surface area contributed by atoms with Crippen molar-refractivity contribution in [3.05, 3.63) is 53.6 Å². The van der Waals surface area contributed by atoms with Crippen molar-refractivity contribution in [2.24, 2.45) is 0 Å². The molecule has 3 heteroatoms. The summed E-state index contributed by atoms with van der Waals surface area (Å²) < 4.78 is 0. The maximum absolute atomic E-state index is 10.9. The lowest BCUT2D eigenvalue weighted by Gasteiger charge is -2.06. The first kappa shape index (κ1) is 11.1. The summed E-state index contributed by atoms with van der Waals surface area (Å²) in [5, 5.41) is 9.41. The van der Waals surface area contributed by atoms with Crippen LogP contribution in [0.2, 0.25) is 0 Å². The maximum atomic E-state index is 10.9. The summed E-state index contributed by atoms with van der Waals surface area (Å²) in [5.41, 5.74) is 2.23. The Kier molecular flexibility index (Phi) is 3.01. The van der Waals surface area contributed by atoms with Crippen LogP contribution in [0.3, 0.4) is 0 Å². The van der Waals surface area contributed by atoms with Gasteiger partial charge < -0.3 is 5.11 Å². The van der Waals surface area contributed by atoms with Gasteiger partial charge in [0.15, 0.2) is 12.6 Å². The molecule has 0 aliphatic heterocycles. The van der Waals surface area contributed by atoms with E-state index < -0.39 is 0 Å². The van der Waals surface area contributed by atoms with Crippen molar-refractivity contribution in [2.45, 2.75) is 0 Å². The summed E-state index contributed by atoms with van der Waals surface area (Å²) in [7, 11) is 0. The fourth-order valence-electron chi connectivity index (χ4n) is 1.68. The third-order valence-corrected chi connectivity index (χ3v) is 2.55. The number of carbonyl (C=O) groups excluding carboxylic acids is 2. The van der Waals surface area contributed by atoms with Crippen LogP contribution in [0.5, 0.6) is 5.75 Å². The van der Waals surface area contributed by atoms with Gasteiger partial charge in [-0.3, -0.25) is 9.59 Å². The first-order valence-electron chi connectivity index (χ1n) is 5.09. The predicted octanol–water partition coefficient (Wildman–Crippen LogP) is 2.68. The highest BCUT2D eigenvalue weighted by molar-refractivity contribution is 5.89. The molecule has 0 aliphatic carbocycles. The minimum absolute atomic E-state index is 0.0627. The van der Waals surface area contributed by atoms with Crippen molar-refractivity contribution in [1.29, 1.82) is 0 Å². The highest BCUT2D eigenvalue weighted by Crippen LogP contribution is 2.26. The molecule has 0 saturated heterocycles. The second-order valence-electron chi connectivity index (χ2n) is 3.60. The average molecular weight is 226 g/mol. The lowest BCUT2D eigenvalue weighted by molar-refractivity contribution is 0.111. The number of rotatable bonds is 3. The zero-order valence-electron chi connectivity index (χ0n) is 8.96. The molecular formula is C14H10O3.